The molecule has 0 aliphatic carbocycles. The number of allylic oxidation sites excluding steroid dienone is 1. The largest absolute Gasteiger partial charge is 0.342 e. The number of hydrogen-bond donors (Lipinski definition) is 3. The van der Waals surface area contributed by atoms with Crippen LogP contribution in [0.4, 0.5) is 0 Å². The molecule has 1 aromatic rings. The molecule has 0 bridgehead atoms. The number of benzene rings is 1. The standard InChI is InChI=1S/C32H53N5O5S/c1-22(2)25(21-23(3)28(38)35-43(41,42)37-19-15-12-16-20-37)36(10)30(40)27(31(4,5)6)34-29(39)26(33-9)32(7,8)24-17-13-11-14-18-24/h11,13-14,17-18,21-23,26-27,33H,12,15-16,19-20H2,1-10H3,(H,34,39)(H,35,38)/b25-21+/t23?,26-,27-/m1/s1. The lowest BCUT2D eigenvalue weighted by Gasteiger charge is -2.39. The Labute approximate surface area is 259 Å². The van der Waals surface area contributed by atoms with Crippen LogP contribution in [0.5, 0.6) is 0 Å². The second-order valence-electron chi connectivity index (χ2n) is 13.5. The number of carbonyl (C=O) groups excluding carboxylic acids is 3. The van der Waals surface area contributed by atoms with Gasteiger partial charge in [-0.25, -0.2) is 4.72 Å². The van der Waals surface area contributed by atoms with Crippen molar-refractivity contribution in [2.45, 2.75) is 92.2 Å². The molecule has 0 spiro atoms. The Morgan fingerprint density at radius 3 is 1.95 bits per heavy atom. The van der Waals surface area contributed by atoms with Gasteiger partial charge in [0.1, 0.15) is 6.04 Å². The molecular formula is C32H53N5O5S. The molecule has 2 rings (SSSR count). The number of nitrogens with zero attached hydrogens (tertiary/aromatic N) is 2. The van der Waals surface area contributed by atoms with Gasteiger partial charge in [0.15, 0.2) is 0 Å². The highest BCUT2D eigenvalue weighted by molar-refractivity contribution is 7.87. The molecular weight excluding hydrogens is 566 g/mol. The molecule has 1 aliphatic heterocycles. The summed E-state index contributed by atoms with van der Waals surface area (Å²) in [6, 6.07) is 8.25. The SMILES string of the molecule is CN[C@H](C(=O)N[C@H](C(=O)N(C)/C(=C/C(C)C(=O)NS(=O)(=O)N1CCCCC1)C(C)C)C(C)(C)C)C(C)(C)c1ccccc1. The molecule has 3 amide bonds. The Morgan fingerprint density at radius 1 is 0.907 bits per heavy atom. The first kappa shape index (κ1) is 36.4. The minimum Gasteiger partial charge on any atom is -0.342 e. The van der Waals surface area contributed by atoms with Crippen LogP contribution in [0.2, 0.25) is 0 Å². The van der Waals surface area contributed by atoms with Crippen LogP contribution in [0.15, 0.2) is 42.1 Å². The molecule has 242 valence electrons. The maximum absolute atomic E-state index is 14.0. The van der Waals surface area contributed by atoms with E-state index in [1.807, 2.05) is 78.8 Å². The van der Waals surface area contributed by atoms with E-state index in [-0.39, 0.29) is 17.7 Å². The first-order valence-corrected chi connectivity index (χ1v) is 16.6. The van der Waals surface area contributed by atoms with Crippen LogP contribution in [0, 0.1) is 17.3 Å². The van der Waals surface area contributed by atoms with Crippen LogP contribution >= 0.6 is 0 Å². The van der Waals surface area contributed by atoms with Crippen LogP contribution in [-0.4, -0.2) is 74.6 Å². The molecule has 0 aromatic heterocycles. The van der Waals surface area contributed by atoms with Crippen LogP contribution in [0.3, 0.4) is 0 Å². The number of likely N-dealkylation sites (N-methyl/N-ethyl adjacent to an activating group) is 2. The van der Waals surface area contributed by atoms with Gasteiger partial charge in [0, 0.05) is 31.2 Å². The lowest BCUT2D eigenvalue weighted by molar-refractivity contribution is -0.138. The van der Waals surface area contributed by atoms with Crippen molar-refractivity contribution in [1.29, 1.82) is 0 Å². The summed E-state index contributed by atoms with van der Waals surface area (Å²) in [5.74, 6) is -2.28. The maximum atomic E-state index is 14.0. The zero-order valence-electron chi connectivity index (χ0n) is 27.7. The normalized spacial score (nSPS) is 17.6. The third-order valence-corrected chi connectivity index (χ3v) is 9.72. The van der Waals surface area contributed by atoms with E-state index in [1.165, 1.54) is 9.21 Å². The molecule has 0 saturated carbocycles. The minimum absolute atomic E-state index is 0.165. The molecule has 1 heterocycles. The van der Waals surface area contributed by atoms with Crippen LogP contribution in [-0.2, 0) is 30.0 Å². The molecule has 1 saturated heterocycles. The maximum Gasteiger partial charge on any atom is 0.303 e. The van der Waals surface area contributed by atoms with E-state index in [4.69, 9.17) is 0 Å². The fourth-order valence-corrected chi connectivity index (χ4v) is 6.77. The summed E-state index contributed by atoms with van der Waals surface area (Å²) < 4.78 is 29.0. The average Bonchev–Trinajstić information content (AvgIpc) is 2.93. The zero-order chi connectivity index (χ0) is 32.8. The number of piperidine rings is 1. The first-order chi connectivity index (χ1) is 19.8. The van der Waals surface area contributed by atoms with Gasteiger partial charge in [-0.05, 0) is 43.7 Å². The fourth-order valence-electron chi connectivity index (χ4n) is 5.46. The summed E-state index contributed by atoms with van der Waals surface area (Å²) >= 11 is 0. The minimum atomic E-state index is -3.94. The van der Waals surface area contributed by atoms with Gasteiger partial charge in [-0.3, -0.25) is 14.4 Å². The molecule has 0 radical (unpaired) electrons. The molecule has 1 aromatic carbocycles. The van der Waals surface area contributed by atoms with Crippen molar-refractivity contribution >= 4 is 27.9 Å². The molecule has 1 unspecified atom stereocenters. The van der Waals surface area contributed by atoms with Crippen molar-refractivity contribution in [2.75, 3.05) is 27.2 Å². The van der Waals surface area contributed by atoms with E-state index in [0.717, 1.165) is 24.8 Å². The summed E-state index contributed by atoms with van der Waals surface area (Å²) in [6.07, 6.45) is 4.12. The summed E-state index contributed by atoms with van der Waals surface area (Å²) in [5.41, 5.74) is 0.336. The van der Waals surface area contributed by atoms with E-state index in [2.05, 4.69) is 15.4 Å². The molecule has 3 atom stereocenters. The lowest BCUT2D eigenvalue weighted by Crippen LogP contribution is -2.60. The zero-order valence-corrected chi connectivity index (χ0v) is 28.5. The van der Waals surface area contributed by atoms with Gasteiger partial charge in [-0.15, -0.1) is 0 Å². The molecule has 11 heteroatoms. The molecule has 3 N–H and O–H groups in total. The van der Waals surface area contributed by atoms with Crippen molar-refractivity contribution in [3.05, 3.63) is 47.7 Å². The van der Waals surface area contributed by atoms with Crippen LogP contribution < -0.4 is 15.4 Å². The van der Waals surface area contributed by atoms with Gasteiger partial charge >= 0.3 is 10.2 Å². The van der Waals surface area contributed by atoms with Crippen molar-refractivity contribution in [3.8, 4) is 0 Å². The molecule has 10 nitrogen and oxygen atoms in total. The summed E-state index contributed by atoms with van der Waals surface area (Å²) in [4.78, 5) is 42.2. The average molecular weight is 620 g/mol. The number of nitrogens with one attached hydrogen (secondary N) is 3. The van der Waals surface area contributed by atoms with Gasteiger partial charge in [0.25, 0.3) is 0 Å². The van der Waals surface area contributed by atoms with E-state index in [0.29, 0.717) is 18.8 Å². The van der Waals surface area contributed by atoms with Crippen molar-refractivity contribution in [2.24, 2.45) is 17.3 Å². The van der Waals surface area contributed by atoms with Crippen LogP contribution in [0.25, 0.3) is 0 Å². The number of hydrogen-bond acceptors (Lipinski definition) is 6. The number of rotatable bonds is 12. The Morgan fingerprint density at radius 2 is 1.47 bits per heavy atom. The first-order valence-electron chi connectivity index (χ1n) is 15.2. The van der Waals surface area contributed by atoms with Gasteiger partial charge in [0.2, 0.25) is 17.7 Å². The smallest absolute Gasteiger partial charge is 0.303 e. The number of carbonyl (C=O) groups is 3. The Balaban J connectivity index is 2.30. The number of amides is 3. The molecule has 1 aliphatic rings. The van der Waals surface area contributed by atoms with E-state index >= 15 is 0 Å². The highest BCUT2D eigenvalue weighted by Gasteiger charge is 2.41. The monoisotopic (exact) mass is 619 g/mol. The topological polar surface area (TPSA) is 128 Å². The highest BCUT2D eigenvalue weighted by Crippen LogP contribution is 2.29. The van der Waals surface area contributed by atoms with Crippen LogP contribution in [0.1, 0.15) is 80.2 Å². The third-order valence-electron chi connectivity index (χ3n) is 8.22. The van der Waals surface area contributed by atoms with E-state index < -0.39 is 44.9 Å². The van der Waals surface area contributed by atoms with Crippen molar-refractivity contribution in [3.63, 3.8) is 0 Å². The predicted octanol–water partition coefficient (Wildman–Crippen LogP) is 3.56. The lowest BCUT2D eigenvalue weighted by atomic mass is 9.76. The van der Waals surface area contributed by atoms with Crippen molar-refractivity contribution < 1.29 is 22.8 Å². The highest BCUT2D eigenvalue weighted by atomic mass is 32.2. The van der Waals surface area contributed by atoms with Gasteiger partial charge in [-0.1, -0.05) is 91.3 Å². The Kier molecular flexibility index (Phi) is 12.5. The predicted molar refractivity (Wildman–Crippen MR) is 171 cm³/mol. The summed E-state index contributed by atoms with van der Waals surface area (Å²) in [5, 5.41) is 6.16. The quantitative estimate of drug-likeness (QED) is 0.328. The Hall–Kier alpha value is -2.76. The third kappa shape index (κ3) is 9.36. The van der Waals surface area contributed by atoms with Gasteiger partial charge in [0.05, 0.1) is 12.0 Å². The Bertz CT molecular complexity index is 1250. The second-order valence-corrected chi connectivity index (χ2v) is 15.2. The fraction of sp³-hybridized carbons (Fsp3) is 0.656. The molecule has 1 fully saturated rings. The second kappa shape index (κ2) is 14.8. The summed E-state index contributed by atoms with van der Waals surface area (Å²) in [7, 11) is -0.588. The van der Waals surface area contributed by atoms with E-state index in [1.54, 1.807) is 27.1 Å². The van der Waals surface area contributed by atoms with Crippen molar-refractivity contribution in [1.82, 2.24) is 24.6 Å². The van der Waals surface area contributed by atoms with Gasteiger partial charge < -0.3 is 15.5 Å². The molecule has 43 heavy (non-hydrogen) atoms. The van der Waals surface area contributed by atoms with E-state index in [9.17, 15) is 22.8 Å². The summed E-state index contributed by atoms with van der Waals surface area (Å²) in [6.45, 7) is 15.8. The van der Waals surface area contributed by atoms with Gasteiger partial charge in [-0.2, -0.15) is 12.7 Å².